The summed E-state index contributed by atoms with van der Waals surface area (Å²) in [7, 11) is 0. The molecule has 3 aromatic rings. The molecule has 0 saturated carbocycles. The molecule has 134 valence electrons. The largest absolute Gasteiger partial charge is 0.484 e. The first-order valence-corrected chi connectivity index (χ1v) is 8.21. The summed E-state index contributed by atoms with van der Waals surface area (Å²) in [5.74, 6) is 0.191. The first-order chi connectivity index (χ1) is 12.6. The molecule has 0 bridgehead atoms. The number of H-pyrrole nitrogens is 1. The number of aromatic amines is 1. The summed E-state index contributed by atoms with van der Waals surface area (Å²) >= 11 is 0. The molecule has 0 radical (unpaired) electrons. The van der Waals surface area contributed by atoms with Gasteiger partial charge in [-0.1, -0.05) is 12.1 Å². The molecular weight excluding hydrogens is 337 g/mol. The van der Waals surface area contributed by atoms with Crippen molar-refractivity contribution in [3.8, 4) is 5.75 Å². The Balaban J connectivity index is 1.69. The molecule has 0 aliphatic carbocycles. The SMILES string of the molecule is CCN(Cc1nc2ccccc2c(=O)[nH]1)C(=O)COc1ccc(F)cc1. The van der Waals surface area contributed by atoms with Crippen LogP contribution in [0.2, 0.25) is 0 Å². The Bertz CT molecular complexity index is 970. The van der Waals surface area contributed by atoms with Gasteiger partial charge in [0.15, 0.2) is 6.61 Å². The third-order valence-corrected chi connectivity index (χ3v) is 3.91. The summed E-state index contributed by atoms with van der Waals surface area (Å²) in [5, 5.41) is 0.505. The van der Waals surface area contributed by atoms with Crippen molar-refractivity contribution in [3.63, 3.8) is 0 Å². The molecule has 3 rings (SSSR count). The van der Waals surface area contributed by atoms with Crippen LogP contribution in [-0.4, -0.2) is 33.9 Å². The number of nitrogens with one attached hydrogen (secondary N) is 1. The van der Waals surface area contributed by atoms with Crippen LogP contribution < -0.4 is 10.3 Å². The van der Waals surface area contributed by atoms with Gasteiger partial charge in [0.25, 0.3) is 11.5 Å². The lowest BCUT2D eigenvalue weighted by molar-refractivity contribution is -0.133. The van der Waals surface area contributed by atoms with E-state index in [1.807, 2.05) is 6.92 Å². The summed E-state index contributed by atoms with van der Waals surface area (Å²) in [5.41, 5.74) is 0.342. The van der Waals surface area contributed by atoms with Gasteiger partial charge in [0.1, 0.15) is 17.4 Å². The van der Waals surface area contributed by atoms with E-state index in [1.165, 1.54) is 29.2 Å². The van der Waals surface area contributed by atoms with Crippen molar-refractivity contribution >= 4 is 16.8 Å². The number of likely N-dealkylation sites (N-methyl/N-ethyl adjacent to an activating group) is 1. The van der Waals surface area contributed by atoms with Crippen molar-refractivity contribution in [2.24, 2.45) is 0 Å². The molecule has 0 aliphatic rings. The van der Waals surface area contributed by atoms with E-state index in [2.05, 4.69) is 9.97 Å². The molecule has 1 N–H and O–H groups in total. The van der Waals surface area contributed by atoms with Crippen LogP contribution in [0.1, 0.15) is 12.7 Å². The van der Waals surface area contributed by atoms with Crippen molar-refractivity contribution in [1.82, 2.24) is 14.9 Å². The molecular formula is C19H18FN3O3. The summed E-state index contributed by atoms with van der Waals surface area (Å²) < 4.78 is 18.3. The molecule has 0 fully saturated rings. The maximum atomic E-state index is 12.9. The molecule has 1 heterocycles. The van der Waals surface area contributed by atoms with Crippen LogP contribution in [0.5, 0.6) is 5.75 Å². The summed E-state index contributed by atoms with van der Waals surface area (Å²) in [6, 6.07) is 12.5. The second-order valence-electron chi connectivity index (χ2n) is 5.68. The fourth-order valence-electron chi connectivity index (χ4n) is 2.53. The first kappa shape index (κ1) is 17.6. The number of hydrogen-bond acceptors (Lipinski definition) is 4. The van der Waals surface area contributed by atoms with Gasteiger partial charge in [-0.2, -0.15) is 0 Å². The maximum absolute atomic E-state index is 12.9. The van der Waals surface area contributed by atoms with E-state index in [4.69, 9.17) is 4.74 Å². The van der Waals surface area contributed by atoms with Gasteiger partial charge < -0.3 is 14.6 Å². The number of rotatable bonds is 6. The molecule has 7 heteroatoms. The minimum atomic E-state index is -0.370. The number of aromatic nitrogens is 2. The molecule has 0 aliphatic heterocycles. The van der Waals surface area contributed by atoms with Gasteiger partial charge in [-0.15, -0.1) is 0 Å². The van der Waals surface area contributed by atoms with Gasteiger partial charge in [0.05, 0.1) is 17.4 Å². The van der Waals surface area contributed by atoms with E-state index >= 15 is 0 Å². The fraction of sp³-hybridized carbons (Fsp3) is 0.211. The van der Waals surface area contributed by atoms with Crippen molar-refractivity contribution in [3.05, 3.63) is 70.5 Å². The molecule has 26 heavy (non-hydrogen) atoms. The van der Waals surface area contributed by atoms with Crippen molar-refractivity contribution in [1.29, 1.82) is 0 Å². The highest BCUT2D eigenvalue weighted by Gasteiger charge is 2.15. The summed E-state index contributed by atoms with van der Waals surface area (Å²) in [6.45, 7) is 2.25. The Morgan fingerprint density at radius 3 is 2.65 bits per heavy atom. The molecule has 2 aromatic carbocycles. The predicted octanol–water partition coefficient (Wildman–Crippen LogP) is 2.49. The lowest BCUT2D eigenvalue weighted by atomic mass is 10.2. The molecule has 0 saturated heterocycles. The number of hydrogen-bond donors (Lipinski definition) is 1. The summed E-state index contributed by atoms with van der Waals surface area (Å²) in [6.07, 6.45) is 0. The third-order valence-electron chi connectivity index (χ3n) is 3.91. The van der Waals surface area contributed by atoms with E-state index in [9.17, 15) is 14.0 Å². The van der Waals surface area contributed by atoms with Crippen LogP contribution in [0.4, 0.5) is 4.39 Å². The number of halogens is 1. The van der Waals surface area contributed by atoms with E-state index in [0.717, 1.165) is 0 Å². The van der Waals surface area contributed by atoms with Crippen molar-refractivity contribution in [2.45, 2.75) is 13.5 Å². The predicted molar refractivity (Wildman–Crippen MR) is 95.3 cm³/mol. The highest BCUT2D eigenvalue weighted by atomic mass is 19.1. The van der Waals surface area contributed by atoms with Crippen LogP contribution >= 0.6 is 0 Å². The number of fused-ring (bicyclic) bond motifs is 1. The number of carbonyl (C=O) groups excluding carboxylic acids is 1. The quantitative estimate of drug-likeness (QED) is 0.737. The number of para-hydroxylation sites is 1. The Kier molecular flexibility index (Phi) is 5.26. The van der Waals surface area contributed by atoms with Crippen molar-refractivity contribution in [2.75, 3.05) is 13.2 Å². The molecule has 0 atom stereocenters. The van der Waals surface area contributed by atoms with Crippen LogP contribution in [0, 0.1) is 5.82 Å². The second kappa shape index (κ2) is 7.77. The highest BCUT2D eigenvalue weighted by molar-refractivity contribution is 5.78. The third kappa shape index (κ3) is 4.05. The average Bonchev–Trinajstić information content (AvgIpc) is 2.65. The Hall–Kier alpha value is -3.22. The lowest BCUT2D eigenvalue weighted by Gasteiger charge is -2.20. The van der Waals surface area contributed by atoms with Gasteiger partial charge in [-0.3, -0.25) is 9.59 Å². The highest BCUT2D eigenvalue weighted by Crippen LogP contribution is 2.12. The number of nitrogens with zero attached hydrogens (tertiary/aromatic N) is 2. The topological polar surface area (TPSA) is 75.3 Å². The van der Waals surface area contributed by atoms with E-state index in [1.54, 1.807) is 24.3 Å². The van der Waals surface area contributed by atoms with Gasteiger partial charge in [0, 0.05) is 6.54 Å². The van der Waals surface area contributed by atoms with Gasteiger partial charge >= 0.3 is 0 Å². The Morgan fingerprint density at radius 1 is 1.19 bits per heavy atom. The van der Waals surface area contributed by atoms with Crippen LogP contribution in [0.3, 0.4) is 0 Å². The van der Waals surface area contributed by atoms with E-state index in [0.29, 0.717) is 29.0 Å². The second-order valence-corrected chi connectivity index (χ2v) is 5.68. The minimum absolute atomic E-state index is 0.169. The smallest absolute Gasteiger partial charge is 0.260 e. The molecule has 0 unspecified atom stereocenters. The minimum Gasteiger partial charge on any atom is -0.484 e. The number of carbonyl (C=O) groups is 1. The van der Waals surface area contributed by atoms with E-state index in [-0.39, 0.29) is 30.4 Å². The normalized spacial score (nSPS) is 10.7. The molecule has 6 nitrogen and oxygen atoms in total. The lowest BCUT2D eigenvalue weighted by Crippen LogP contribution is -2.35. The first-order valence-electron chi connectivity index (χ1n) is 8.21. The monoisotopic (exact) mass is 355 g/mol. The van der Waals surface area contributed by atoms with Gasteiger partial charge in [-0.05, 0) is 43.3 Å². The maximum Gasteiger partial charge on any atom is 0.260 e. The fourth-order valence-corrected chi connectivity index (χ4v) is 2.53. The van der Waals surface area contributed by atoms with Crippen LogP contribution in [0.15, 0.2) is 53.3 Å². The zero-order chi connectivity index (χ0) is 18.5. The van der Waals surface area contributed by atoms with Crippen LogP contribution in [-0.2, 0) is 11.3 Å². The number of amides is 1. The van der Waals surface area contributed by atoms with Gasteiger partial charge in [-0.25, -0.2) is 9.37 Å². The zero-order valence-electron chi connectivity index (χ0n) is 14.2. The van der Waals surface area contributed by atoms with E-state index < -0.39 is 0 Å². The standard InChI is InChI=1S/C19H18FN3O3/c1-2-23(18(24)12-26-14-9-7-13(20)8-10-14)11-17-21-16-6-4-3-5-15(16)19(25)22-17/h3-10H,2,11-12H2,1H3,(H,21,22,25). The molecule has 1 aromatic heterocycles. The molecule has 1 amide bonds. The molecule has 0 spiro atoms. The summed E-state index contributed by atoms with van der Waals surface area (Å²) in [4.78, 5) is 33.1. The van der Waals surface area contributed by atoms with Crippen molar-refractivity contribution < 1.29 is 13.9 Å². The Labute approximate surface area is 149 Å². The Morgan fingerprint density at radius 2 is 1.92 bits per heavy atom. The average molecular weight is 355 g/mol. The zero-order valence-corrected chi connectivity index (χ0v) is 14.2. The number of ether oxygens (including phenoxy) is 1. The number of benzene rings is 2. The van der Waals surface area contributed by atoms with Gasteiger partial charge in [0.2, 0.25) is 0 Å². The van der Waals surface area contributed by atoms with Crippen LogP contribution in [0.25, 0.3) is 10.9 Å².